The van der Waals surface area contributed by atoms with Crippen molar-refractivity contribution >= 4 is 32.4 Å². The quantitative estimate of drug-likeness (QED) is 0.810. The molecule has 0 atom stereocenters. The van der Waals surface area contributed by atoms with E-state index in [4.69, 9.17) is 0 Å². The first kappa shape index (κ1) is 21.3. The van der Waals surface area contributed by atoms with Gasteiger partial charge in [-0.3, -0.25) is 9.69 Å². The van der Waals surface area contributed by atoms with Crippen LogP contribution in [0.2, 0.25) is 0 Å². The van der Waals surface area contributed by atoms with Gasteiger partial charge >= 0.3 is 0 Å². The summed E-state index contributed by atoms with van der Waals surface area (Å²) in [6, 6.07) is 14.0. The fourth-order valence-electron chi connectivity index (χ4n) is 5.39. The molecular formula is C23H31N3O3S. The molecule has 1 amide bonds. The third-order valence-electron chi connectivity index (χ3n) is 6.71. The van der Waals surface area contributed by atoms with Gasteiger partial charge in [-0.05, 0) is 63.1 Å². The minimum atomic E-state index is -3.22. The summed E-state index contributed by atoms with van der Waals surface area (Å²) >= 11 is 0. The minimum absolute atomic E-state index is 0.00758. The van der Waals surface area contributed by atoms with Gasteiger partial charge in [0.05, 0.1) is 12.8 Å². The Morgan fingerprint density at radius 3 is 2.40 bits per heavy atom. The second-order valence-electron chi connectivity index (χ2n) is 9.61. The lowest BCUT2D eigenvalue weighted by Crippen LogP contribution is -2.45. The second kappa shape index (κ2) is 7.62. The van der Waals surface area contributed by atoms with Gasteiger partial charge in [0.1, 0.15) is 0 Å². The molecule has 2 aliphatic heterocycles. The highest BCUT2D eigenvalue weighted by molar-refractivity contribution is 7.88. The van der Waals surface area contributed by atoms with E-state index in [0.29, 0.717) is 13.1 Å². The predicted molar refractivity (Wildman–Crippen MR) is 121 cm³/mol. The van der Waals surface area contributed by atoms with E-state index < -0.39 is 10.0 Å². The average molecular weight is 430 g/mol. The van der Waals surface area contributed by atoms with Gasteiger partial charge in [0.15, 0.2) is 0 Å². The zero-order valence-corrected chi connectivity index (χ0v) is 18.8. The molecule has 2 saturated heterocycles. The molecule has 0 saturated carbocycles. The Hall–Kier alpha value is -1.96. The van der Waals surface area contributed by atoms with E-state index >= 15 is 0 Å². The van der Waals surface area contributed by atoms with Crippen molar-refractivity contribution < 1.29 is 13.2 Å². The topological polar surface area (TPSA) is 69.7 Å². The highest BCUT2D eigenvalue weighted by Crippen LogP contribution is 2.48. The van der Waals surface area contributed by atoms with Crippen LogP contribution in [-0.4, -0.2) is 61.5 Å². The Morgan fingerprint density at radius 2 is 1.73 bits per heavy atom. The Bertz CT molecular complexity index is 1050. The third kappa shape index (κ3) is 4.24. The number of amides is 1. The van der Waals surface area contributed by atoms with Gasteiger partial charge in [0, 0.05) is 23.2 Å². The van der Waals surface area contributed by atoms with Crippen LogP contribution in [-0.2, 0) is 14.8 Å². The fourth-order valence-corrected chi connectivity index (χ4v) is 6.86. The van der Waals surface area contributed by atoms with E-state index in [1.807, 2.05) is 56.3 Å². The van der Waals surface area contributed by atoms with Crippen molar-refractivity contribution in [3.8, 4) is 0 Å². The van der Waals surface area contributed by atoms with E-state index in [-0.39, 0.29) is 16.9 Å². The zero-order chi connectivity index (χ0) is 21.6. The average Bonchev–Trinajstić information content (AvgIpc) is 2.95. The molecule has 0 unspecified atom stereocenters. The van der Waals surface area contributed by atoms with Gasteiger partial charge in [-0.15, -0.1) is 0 Å². The number of piperidine rings is 1. The molecule has 1 spiro atoms. The summed E-state index contributed by atoms with van der Waals surface area (Å²) in [6.45, 7) is 6.63. The number of benzene rings is 2. The van der Waals surface area contributed by atoms with Crippen LogP contribution in [0.5, 0.6) is 0 Å². The van der Waals surface area contributed by atoms with Crippen molar-refractivity contribution in [3.05, 3.63) is 42.5 Å². The lowest BCUT2D eigenvalue weighted by Gasteiger charge is -2.39. The maximum absolute atomic E-state index is 12.7. The van der Waals surface area contributed by atoms with Crippen LogP contribution in [0.25, 0.3) is 10.8 Å². The second-order valence-corrected chi connectivity index (χ2v) is 11.5. The van der Waals surface area contributed by atoms with Gasteiger partial charge < -0.3 is 5.32 Å². The molecule has 2 aliphatic rings. The number of hydrogen-bond acceptors (Lipinski definition) is 4. The number of nitrogens with one attached hydrogen (secondary N) is 1. The maximum atomic E-state index is 12.7. The van der Waals surface area contributed by atoms with Crippen LogP contribution in [0.4, 0.5) is 5.69 Å². The Kier molecular flexibility index (Phi) is 5.41. The molecule has 4 rings (SSSR count). The molecule has 6 nitrogen and oxygen atoms in total. The van der Waals surface area contributed by atoms with Crippen molar-refractivity contribution in [2.75, 3.05) is 37.8 Å². The number of rotatable bonds is 4. The SMILES string of the molecule is CC1(C)CC2(CCN(CC(=O)Nc3cccc4ccccc34)CC2)CN1S(C)(=O)=O. The molecule has 2 heterocycles. The number of fused-ring (bicyclic) bond motifs is 1. The summed E-state index contributed by atoms with van der Waals surface area (Å²) in [6.07, 6.45) is 4.03. The number of carbonyl (C=O) groups excluding carboxylic acids is 1. The third-order valence-corrected chi connectivity index (χ3v) is 8.13. The molecule has 2 aromatic carbocycles. The number of anilines is 1. The normalized spacial score (nSPS) is 21.8. The Labute approximate surface area is 179 Å². The minimum Gasteiger partial charge on any atom is -0.324 e. The van der Waals surface area contributed by atoms with Crippen molar-refractivity contribution in [3.63, 3.8) is 0 Å². The zero-order valence-electron chi connectivity index (χ0n) is 18.0. The molecule has 0 aliphatic carbocycles. The van der Waals surface area contributed by atoms with E-state index in [1.54, 1.807) is 4.31 Å². The summed E-state index contributed by atoms with van der Waals surface area (Å²) in [5.41, 5.74) is 0.518. The predicted octanol–water partition coefficient (Wildman–Crippen LogP) is 3.30. The van der Waals surface area contributed by atoms with Crippen molar-refractivity contribution in [2.24, 2.45) is 5.41 Å². The molecule has 30 heavy (non-hydrogen) atoms. The standard InChI is InChI=1S/C23H31N3O3S/c1-22(2)16-23(17-26(22)30(3,28)29)11-13-25(14-12-23)15-21(27)24-20-10-6-8-18-7-4-5-9-19(18)20/h4-10H,11-17H2,1-3H3,(H,24,27). The van der Waals surface area contributed by atoms with Gasteiger partial charge in [-0.2, -0.15) is 4.31 Å². The highest BCUT2D eigenvalue weighted by atomic mass is 32.2. The maximum Gasteiger partial charge on any atom is 0.238 e. The van der Waals surface area contributed by atoms with Crippen LogP contribution in [0.3, 0.4) is 0 Å². The fraction of sp³-hybridized carbons (Fsp3) is 0.522. The number of nitrogens with zero attached hydrogens (tertiary/aromatic N) is 2. The smallest absolute Gasteiger partial charge is 0.238 e. The largest absolute Gasteiger partial charge is 0.324 e. The van der Waals surface area contributed by atoms with Crippen LogP contribution >= 0.6 is 0 Å². The van der Waals surface area contributed by atoms with E-state index in [9.17, 15) is 13.2 Å². The molecule has 0 aromatic heterocycles. The summed E-state index contributed by atoms with van der Waals surface area (Å²) in [5.74, 6) is -0.00758. The highest BCUT2D eigenvalue weighted by Gasteiger charge is 2.52. The van der Waals surface area contributed by atoms with Crippen LogP contribution in [0, 0.1) is 5.41 Å². The van der Waals surface area contributed by atoms with Gasteiger partial charge in [0.2, 0.25) is 15.9 Å². The van der Waals surface area contributed by atoms with Crippen molar-refractivity contribution in [1.82, 2.24) is 9.21 Å². The molecule has 2 aromatic rings. The Balaban J connectivity index is 1.37. The molecule has 1 N–H and O–H groups in total. The molecule has 162 valence electrons. The first-order valence-electron chi connectivity index (χ1n) is 10.6. The number of likely N-dealkylation sites (tertiary alicyclic amines) is 1. The van der Waals surface area contributed by atoms with Crippen LogP contribution in [0.1, 0.15) is 33.1 Å². The molecule has 0 radical (unpaired) electrons. The van der Waals surface area contributed by atoms with Gasteiger partial charge in [-0.1, -0.05) is 36.4 Å². The number of hydrogen-bond donors (Lipinski definition) is 1. The summed E-state index contributed by atoms with van der Waals surface area (Å²) < 4.78 is 26.1. The first-order chi connectivity index (χ1) is 14.1. The molecular weight excluding hydrogens is 398 g/mol. The van der Waals surface area contributed by atoms with Crippen molar-refractivity contribution in [2.45, 2.75) is 38.6 Å². The molecule has 2 fully saturated rings. The van der Waals surface area contributed by atoms with Crippen molar-refractivity contribution in [1.29, 1.82) is 0 Å². The monoisotopic (exact) mass is 429 g/mol. The van der Waals surface area contributed by atoms with Gasteiger partial charge in [0.25, 0.3) is 0 Å². The van der Waals surface area contributed by atoms with E-state index in [1.165, 1.54) is 6.26 Å². The summed E-state index contributed by atoms with van der Waals surface area (Å²) in [7, 11) is -3.22. The van der Waals surface area contributed by atoms with Crippen LogP contribution in [0.15, 0.2) is 42.5 Å². The summed E-state index contributed by atoms with van der Waals surface area (Å²) in [5, 5.41) is 5.21. The number of sulfonamides is 1. The summed E-state index contributed by atoms with van der Waals surface area (Å²) in [4.78, 5) is 14.9. The van der Waals surface area contributed by atoms with Gasteiger partial charge in [-0.25, -0.2) is 8.42 Å². The first-order valence-corrected chi connectivity index (χ1v) is 12.4. The van der Waals surface area contributed by atoms with E-state index in [2.05, 4.69) is 10.2 Å². The molecule has 0 bridgehead atoms. The number of carbonyl (C=O) groups is 1. The molecule has 7 heteroatoms. The lowest BCUT2D eigenvalue weighted by atomic mass is 9.74. The van der Waals surface area contributed by atoms with Crippen LogP contribution < -0.4 is 5.32 Å². The Morgan fingerprint density at radius 1 is 1.07 bits per heavy atom. The van der Waals surface area contributed by atoms with E-state index in [0.717, 1.165) is 48.8 Å². The lowest BCUT2D eigenvalue weighted by molar-refractivity contribution is -0.117.